The zero-order chi connectivity index (χ0) is 16.2. The lowest BCUT2D eigenvalue weighted by Gasteiger charge is -2.41. The van der Waals surface area contributed by atoms with Crippen molar-refractivity contribution in [1.29, 1.82) is 0 Å². The van der Waals surface area contributed by atoms with Gasteiger partial charge in [0.2, 0.25) is 0 Å². The number of rotatable bonds is 5. The van der Waals surface area contributed by atoms with Gasteiger partial charge in [-0.2, -0.15) is 0 Å². The van der Waals surface area contributed by atoms with Crippen molar-refractivity contribution in [3.8, 4) is 0 Å². The van der Waals surface area contributed by atoms with Gasteiger partial charge in [0.1, 0.15) is 10.0 Å². The number of hydrogen-bond acceptors (Lipinski definition) is 5. The Bertz CT molecular complexity index is 612. The average Bonchev–Trinajstić information content (AvgIpc) is 2.95. The van der Waals surface area contributed by atoms with Crippen LogP contribution in [0.1, 0.15) is 35.3 Å². The van der Waals surface area contributed by atoms with Gasteiger partial charge in [0.05, 0.1) is 6.54 Å². The lowest BCUT2D eigenvalue weighted by atomic mass is 9.96. The Hall–Kier alpha value is -1.30. The molecule has 0 N–H and O–H groups in total. The van der Waals surface area contributed by atoms with E-state index in [4.69, 9.17) is 0 Å². The van der Waals surface area contributed by atoms with Crippen LogP contribution in [0.15, 0.2) is 30.3 Å². The van der Waals surface area contributed by atoms with E-state index in [9.17, 15) is 0 Å². The molecule has 1 aliphatic heterocycles. The van der Waals surface area contributed by atoms with Gasteiger partial charge in [-0.25, -0.2) is 0 Å². The fraction of sp³-hybridized carbons (Fsp3) is 0.556. The van der Waals surface area contributed by atoms with E-state index in [0.717, 1.165) is 23.1 Å². The Morgan fingerprint density at radius 1 is 1.26 bits per heavy atom. The van der Waals surface area contributed by atoms with Crippen molar-refractivity contribution in [3.63, 3.8) is 0 Å². The quantitative estimate of drug-likeness (QED) is 0.842. The normalized spacial score (nSPS) is 22.6. The first-order valence-electron chi connectivity index (χ1n) is 8.39. The standard InChI is InChI=1S/C18H26N4S/c1-14-11-17(21(3)13-18-20-19-15(2)23-18)9-10-22(14)12-16-7-5-4-6-8-16/h4-8,14,17H,9-13H2,1-3H3/t14-,17-/m0/s1. The van der Waals surface area contributed by atoms with Crippen molar-refractivity contribution in [2.24, 2.45) is 0 Å². The summed E-state index contributed by atoms with van der Waals surface area (Å²) in [7, 11) is 2.22. The van der Waals surface area contributed by atoms with E-state index in [1.54, 1.807) is 11.3 Å². The highest BCUT2D eigenvalue weighted by Crippen LogP contribution is 2.24. The van der Waals surface area contributed by atoms with E-state index in [0.29, 0.717) is 12.1 Å². The summed E-state index contributed by atoms with van der Waals surface area (Å²) in [6.45, 7) is 7.53. The van der Waals surface area contributed by atoms with Crippen LogP contribution in [0.4, 0.5) is 0 Å². The van der Waals surface area contributed by atoms with Crippen LogP contribution in [0.25, 0.3) is 0 Å². The van der Waals surface area contributed by atoms with Crippen molar-refractivity contribution in [2.75, 3.05) is 13.6 Å². The number of piperidine rings is 1. The molecule has 1 fully saturated rings. The largest absolute Gasteiger partial charge is 0.297 e. The maximum absolute atomic E-state index is 4.26. The molecule has 0 aliphatic carbocycles. The highest BCUT2D eigenvalue weighted by Gasteiger charge is 2.28. The van der Waals surface area contributed by atoms with Crippen LogP contribution in [0.2, 0.25) is 0 Å². The molecule has 4 nitrogen and oxygen atoms in total. The molecule has 0 bridgehead atoms. The van der Waals surface area contributed by atoms with Crippen LogP contribution < -0.4 is 0 Å². The lowest BCUT2D eigenvalue weighted by molar-refractivity contribution is 0.0770. The number of aryl methyl sites for hydroxylation is 1. The van der Waals surface area contributed by atoms with Crippen LogP contribution in [0, 0.1) is 6.92 Å². The summed E-state index contributed by atoms with van der Waals surface area (Å²) < 4.78 is 0. The second kappa shape index (κ2) is 7.51. The van der Waals surface area contributed by atoms with E-state index in [2.05, 4.69) is 64.3 Å². The molecule has 2 atom stereocenters. The predicted molar refractivity (Wildman–Crippen MR) is 95.4 cm³/mol. The number of aromatic nitrogens is 2. The van der Waals surface area contributed by atoms with Crippen LogP contribution in [0.3, 0.4) is 0 Å². The monoisotopic (exact) mass is 330 g/mol. The smallest absolute Gasteiger partial charge is 0.131 e. The Labute approximate surface area is 143 Å². The molecule has 0 spiro atoms. The molecule has 1 aromatic heterocycles. The molecule has 23 heavy (non-hydrogen) atoms. The number of benzene rings is 1. The minimum absolute atomic E-state index is 0.618. The molecule has 5 heteroatoms. The summed E-state index contributed by atoms with van der Waals surface area (Å²) in [6.07, 6.45) is 2.45. The second-order valence-corrected chi connectivity index (χ2v) is 7.88. The fourth-order valence-corrected chi connectivity index (χ4v) is 4.17. The van der Waals surface area contributed by atoms with Gasteiger partial charge in [-0.1, -0.05) is 30.3 Å². The molecule has 0 saturated carbocycles. The zero-order valence-electron chi connectivity index (χ0n) is 14.3. The lowest BCUT2D eigenvalue weighted by Crippen LogP contribution is -2.47. The average molecular weight is 331 g/mol. The van der Waals surface area contributed by atoms with Gasteiger partial charge >= 0.3 is 0 Å². The van der Waals surface area contributed by atoms with Crippen LogP contribution in [-0.2, 0) is 13.1 Å². The third kappa shape index (κ3) is 4.37. The maximum atomic E-state index is 4.26. The predicted octanol–water partition coefficient (Wildman–Crippen LogP) is 3.33. The summed E-state index contributed by atoms with van der Waals surface area (Å²) in [5.41, 5.74) is 1.41. The summed E-state index contributed by atoms with van der Waals surface area (Å²) in [5, 5.41) is 10.6. The third-order valence-electron chi connectivity index (χ3n) is 4.79. The molecule has 2 heterocycles. The van der Waals surface area contributed by atoms with Gasteiger partial charge in [0.25, 0.3) is 0 Å². The Kier molecular flexibility index (Phi) is 5.41. The van der Waals surface area contributed by atoms with E-state index >= 15 is 0 Å². The second-order valence-electron chi connectivity index (χ2n) is 6.61. The SMILES string of the molecule is Cc1nnc(CN(C)[C@H]2CCN(Cc3ccccc3)[C@@H](C)C2)s1. The Morgan fingerprint density at radius 2 is 2.04 bits per heavy atom. The van der Waals surface area contributed by atoms with Crippen LogP contribution in [-0.4, -0.2) is 45.7 Å². The minimum Gasteiger partial charge on any atom is -0.297 e. The highest BCUT2D eigenvalue weighted by molar-refractivity contribution is 7.11. The van der Waals surface area contributed by atoms with Crippen molar-refractivity contribution >= 4 is 11.3 Å². The van der Waals surface area contributed by atoms with Crippen LogP contribution in [0.5, 0.6) is 0 Å². The van der Waals surface area contributed by atoms with E-state index < -0.39 is 0 Å². The van der Waals surface area contributed by atoms with Crippen molar-refractivity contribution < 1.29 is 0 Å². The van der Waals surface area contributed by atoms with Gasteiger partial charge in [0.15, 0.2) is 0 Å². The topological polar surface area (TPSA) is 32.3 Å². The molecule has 1 aliphatic rings. The molecule has 0 amide bonds. The summed E-state index contributed by atoms with van der Waals surface area (Å²) in [4.78, 5) is 5.06. The molecule has 124 valence electrons. The molecule has 3 rings (SSSR count). The van der Waals surface area contributed by atoms with Gasteiger partial charge in [-0.15, -0.1) is 21.5 Å². The molecule has 1 aromatic carbocycles. The zero-order valence-corrected chi connectivity index (χ0v) is 15.1. The number of likely N-dealkylation sites (tertiary alicyclic amines) is 1. The first-order valence-corrected chi connectivity index (χ1v) is 9.20. The van der Waals surface area contributed by atoms with E-state index in [1.165, 1.54) is 24.9 Å². The molecular formula is C18H26N4S. The maximum Gasteiger partial charge on any atom is 0.131 e. The Balaban J connectivity index is 1.53. The van der Waals surface area contributed by atoms with Gasteiger partial charge in [-0.05, 0) is 39.3 Å². The van der Waals surface area contributed by atoms with Gasteiger partial charge < -0.3 is 0 Å². The fourth-order valence-electron chi connectivity index (χ4n) is 3.39. The number of nitrogens with zero attached hydrogens (tertiary/aromatic N) is 4. The summed E-state index contributed by atoms with van der Waals surface area (Å²) in [6, 6.07) is 12.1. The Morgan fingerprint density at radius 3 is 2.70 bits per heavy atom. The van der Waals surface area contributed by atoms with Crippen LogP contribution >= 0.6 is 11.3 Å². The van der Waals surface area contributed by atoms with E-state index in [1.807, 2.05) is 6.92 Å². The molecular weight excluding hydrogens is 304 g/mol. The number of hydrogen-bond donors (Lipinski definition) is 0. The van der Waals surface area contributed by atoms with Crippen molar-refractivity contribution in [2.45, 2.75) is 51.9 Å². The highest BCUT2D eigenvalue weighted by atomic mass is 32.1. The summed E-state index contributed by atoms with van der Waals surface area (Å²) >= 11 is 1.71. The van der Waals surface area contributed by atoms with Crippen molar-refractivity contribution in [3.05, 3.63) is 45.9 Å². The van der Waals surface area contributed by atoms with Gasteiger partial charge in [0, 0.05) is 25.2 Å². The first-order chi connectivity index (χ1) is 11.1. The minimum atomic E-state index is 0.618. The van der Waals surface area contributed by atoms with Crippen molar-refractivity contribution in [1.82, 2.24) is 20.0 Å². The molecule has 0 unspecified atom stereocenters. The third-order valence-corrected chi connectivity index (χ3v) is 5.61. The van der Waals surface area contributed by atoms with Gasteiger partial charge in [-0.3, -0.25) is 9.80 Å². The molecule has 1 saturated heterocycles. The molecule has 0 radical (unpaired) electrons. The summed E-state index contributed by atoms with van der Waals surface area (Å²) in [5.74, 6) is 0. The molecule has 2 aromatic rings. The first kappa shape index (κ1) is 16.6. The van der Waals surface area contributed by atoms with E-state index in [-0.39, 0.29) is 0 Å².